The van der Waals surface area contributed by atoms with Crippen LogP contribution in [0.25, 0.3) is 0 Å². The standard InChI is InChI=1S/C12H10Cl2N4O3/c1-2-15-12-16-6-10(18(19)20)11(17-12)21-9-4-7(13)3-8(14)5-9/h3-6H,2H2,1H3,(H,15,16,17). The molecular formula is C12H10Cl2N4O3. The van der Waals surface area contributed by atoms with Gasteiger partial charge in [0.1, 0.15) is 11.9 Å². The van der Waals surface area contributed by atoms with Crippen LogP contribution in [0, 0.1) is 10.1 Å². The lowest BCUT2D eigenvalue weighted by molar-refractivity contribution is -0.386. The number of halogens is 2. The fraction of sp³-hybridized carbons (Fsp3) is 0.167. The van der Waals surface area contributed by atoms with Gasteiger partial charge in [0.2, 0.25) is 5.95 Å². The molecule has 0 bridgehead atoms. The van der Waals surface area contributed by atoms with Crippen LogP contribution in [-0.2, 0) is 0 Å². The van der Waals surface area contributed by atoms with Crippen LogP contribution in [0.15, 0.2) is 24.4 Å². The van der Waals surface area contributed by atoms with Crippen molar-refractivity contribution >= 4 is 34.8 Å². The average molecular weight is 329 g/mol. The van der Waals surface area contributed by atoms with Crippen LogP contribution in [-0.4, -0.2) is 21.4 Å². The fourth-order valence-electron chi connectivity index (χ4n) is 1.50. The summed E-state index contributed by atoms with van der Waals surface area (Å²) in [7, 11) is 0. The van der Waals surface area contributed by atoms with Crippen molar-refractivity contribution in [3.8, 4) is 11.6 Å². The molecule has 0 aliphatic rings. The van der Waals surface area contributed by atoms with E-state index < -0.39 is 4.92 Å². The predicted octanol–water partition coefficient (Wildman–Crippen LogP) is 3.92. The van der Waals surface area contributed by atoms with E-state index in [1.807, 2.05) is 6.92 Å². The van der Waals surface area contributed by atoms with Gasteiger partial charge in [-0.15, -0.1) is 0 Å². The molecule has 1 aromatic heterocycles. The van der Waals surface area contributed by atoms with Gasteiger partial charge in [0.15, 0.2) is 0 Å². The Hall–Kier alpha value is -2.12. The maximum atomic E-state index is 11.0. The second-order valence-corrected chi connectivity index (χ2v) is 4.75. The molecule has 0 atom stereocenters. The summed E-state index contributed by atoms with van der Waals surface area (Å²) in [6.45, 7) is 2.42. The number of nitrogens with one attached hydrogen (secondary N) is 1. The first-order valence-electron chi connectivity index (χ1n) is 5.89. The molecule has 2 aromatic rings. The summed E-state index contributed by atoms with van der Waals surface area (Å²) in [6.07, 6.45) is 1.08. The molecule has 0 saturated carbocycles. The smallest absolute Gasteiger partial charge is 0.349 e. The lowest BCUT2D eigenvalue weighted by atomic mass is 10.3. The van der Waals surface area contributed by atoms with Gasteiger partial charge in [0.25, 0.3) is 0 Å². The summed E-state index contributed by atoms with van der Waals surface area (Å²) < 4.78 is 5.42. The maximum Gasteiger partial charge on any atom is 0.349 e. The van der Waals surface area contributed by atoms with Crippen molar-refractivity contribution in [1.29, 1.82) is 0 Å². The minimum absolute atomic E-state index is 0.190. The van der Waals surface area contributed by atoms with Crippen molar-refractivity contribution in [2.24, 2.45) is 0 Å². The number of hydrogen-bond donors (Lipinski definition) is 1. The highest BCUT2D eigenvalue weighted by molar-refractivity contribution is 6.34. The summed E-state index contributed by atoms with van der Waals surface area (Å²) in [5, 5.41) is 14.5. The first kappa shape index (κ1) is 15.3. The topological polar surface area (TPSA) is 90.2 Å². The number of ether oxygens (including phenoxy) is 1. The Morgan fingerprint density at radius 2 is 2.00 bits per heavy atom. The van der Waals surface area contributed by atoms with E-state index in [9.17, 15) is 10.1 Å². The molecule has 1 N–H and O–H groups in total. The van der Waals surface area contributed by atoms with Gasteiger partial charge in [-0.1, -0.05) is 23.2 Å². The Morgan fingerprint density at radius 3 is 2.57 bits per heavy atom. The van der Waals surface area contributed by atoms with E-state index in [0.29, 0.717) is 16.6 Å². The molecule has 0 aliphatic heterocycles. The molecule has 1 heterocycles. The van der Waals surface area contributed by atoms with E-state index in [-0.39, 0.29) is 23.3 Å². The highest BCUT2D eigenvalue weighted by Crippen LogP contribution is 2.32. The molecule has 7 nitrogen and oxygen atoms in total. The third kappa shape index (κ3) is 3.93. The van der Waals surface area contributed by atoms with Gasteiger partial charge in [-0.3, -0.25) is 10.1 Å². The van der Waals surface area contributed by atoms with Crippen molar-refractivity contribution in [1.82, 2.24) is 9.97 Å². The second-order valence-electron chi connectivity index (χ2n) is 3.88. The van der Waals surface area contributed by atoms with Gasteiger partial charge in [-0.25, -0.2) is 4.98 Å². The van der Waals surface area contributed by atoms with E-state index in [1.54, 1.807) is 0 Å². The Labute approximate surface area is 130 Å². The van der Waals surface area contributed by atoms with E-state index in [2.05, 4.69) is 15.3 Å². The van der Waals surface area contributed by atoms with Gasteiger partial charge in [-0.2, -0.15) is 4.98 Å². The van der Waals surface area contributed by atoms with Crippen molar-refractivity contribution in [3.63, 3.8) is 0 Å². The average Bonchev–Trinajstić information content (AvgIpc) is 2.37. The molecule has 1 aromatic carbocycles. The third-order valence-corrected chi connectivity index (χ3v) is 2.75. The number of aromatic nitrogens is 2. The van der Waals surface area contributed by atoms with E-state index >= 15 is 0 Å². The summed E-state index contributed by atoms with van der Waals surface area (Å²) >= 11 is 11.7. The normalized spacial score (nSPS) is 10.2. The zero-order valence-corrected chi connectivity index (χ0v) is 12.4. The Bertz CT molecular complexity index is 661. The predicted molar refractivity (Wildman–Crippen MR) is 79.4 cm³/mol. The molecule has 0 fully saturated rings. The second kappa shape index (κ2) is 6.55. The van der Waals surface area contributed by atoms with Crippen LogP contribution in [0.5, 0.6) is 11.6 Å². The maximum absolute atomic E-state index is 11.0. The minimum Gasteiger partial charge on any atom is -0.433 e. The summed E-state index contributed by atoms with van der Waals surface area (Å²) in [5.74, 6) is 0.284. The first-order valence-corrected chi connectivity index (χ1v) is 6.64. The van der Waals surface area contributed by atoms with Crippen LogP contribution < -0.4 is 10.1 Å². The number of nitro groups is 1. The number of rotatable bonds is 5. The Balaban J connectivity index is 2.40. The van der Waals surface area contributed by atoms with Gasteiger partial charge in [0, 0.05) is 16.6 Å². The molecule has 0 unspecified atom stereocenters. The third-order valence-electron chi connectivity index (χ3n) is 2.32. The number of hydrogen-bond acceptors (Lipinski definition) is 6. The largest absolute Gasteiger partial charge is 0.433 e. The molecule has 0 spiro atoms. The fourth-order valence-corrected chi connectivity index (χ4v) is 2.01. The molecule has 0 amide bonds. The first-order chi connectivity index (χ1) is 9.99. The quantitative estimate of drug-likeness (QED) is 0.660. The Kier molecular flexibility index (Phi) is 4.77. The lowest BCUT2D eigenvalue weighted by Crippen LogP contribution is -2.05. The van der Waals surface area contributed by atoms with Gasteiger partial charge < -0.3 is 10.1 Å². The molecule has 0 aliphatic carbocycles. The lowest BCUT2D eigenvalue weighted by Gasteiger charge is -2.08. The highest BCUT2D eigenvalue weighted by Gasteiger charge is 2.20. The SMILES string of the molecule is CCNc1ncc([N+](=O)[O-])c(Oc2cc(Cl)cc(Cl)c2)n1. The number of nitrogens with zero attached hydrogens (tertiary/aromatic N) is 3. The number of benzene rings is 1. The van der Waals surface area contributed by atoms with Crippen molar-refractivity contribution in [3.05, 3.63) is 44.6 Å². The van der Waals surface area contributed by atoms with Crippen LogP contribution >= 0.6 is 23.2 Å². The van der Waals surface area contributed by atoms with Crippen LogP contribution in [0.2, 0.25) is 10.0 Å². The molecule has 0 radical (unpaired) electrons. The highest BCUT2D eigenvalue weighted by atomic mass is 35.5. The zero-order chi connectivity index (χ0) is 15.4. The molecule has 9 heteroatoms. The molecule has 110 valence electrons. The van der Waals surface area contributed by atoms with E-state index in [0.717, 1.165) is 6.20 Å². The molecule has 2 rings (SSSR count). The van der Waals surface area contributed by atoms with E-state index in [1.165, 1.54) is 18.2 Å². The summed E-state index contributed by atoms with van der Waals surface area (Å²) in [5.41, 5.74) is -0.354. The van der Waals surface area contributed by atoms with Crippen LogP contribution in [0.3, 0.4) is 0 Å². The molecular weight excluding hydrogens is 319 g/mol. The minimum atomic E-state index is -0.628. The molecule has 0 saturated heterocycles. The van der Waals surface area contributed by atoms with Gasteiger partial charge >= 0.3 is 11.6 Å². The van der Waals surface area contributed by atoms with Gasteiger partial charge in [0.05, 0.1) is 4.92 Å². The van der Waals surface area contributed by atoms with Crippen molar-refractivity contribution < 1.29 is 9.66 Å². The monoisotopic (exact) mass is 328 g/mol. The van der Waals surface area contributed by atoms with Gasteiger partial charge in [-0.05, 0) is 25.1 Å². The Morgan fingerprint density at radius 1 is 1.33 bits per heavy atom. The summed E-state index contributed by atoms with van der Waals surface area (Å²) in [6, 6.07) is 4.48. The van der Waals surface area contributed by atoms with Crippen LogP contribution in [0.1, 0.15) is 6.92 Å². The number of anilines is 1. The summed E-state index contributed by atoms with van der Waals surface area (Å²) in [4.78, 5) is 18.2. The van der Waals surface area contributed by atoms with Crippen molar-refractivity contribution in [2.45, 2.75) is 6.92 Å². The molecule has 21 heavy (non-hydrogen) atoms. The van der Waals surface area contributed by atoms with Crippen molar-refractivity contribution in [2.75, 3.05) is 11.9 Å². The zero-order valence-electron chi connectivity index (χ0n) is 10.8. The van der Waals surface area contributed by atoms with Crippen LogP contribution in [0.4, 0.5) is 11.6 Å². The van der Waals surface area contributed by atoms with E-state index in [4.69, 9.17) is 27.9 Å².